The normalized spacial score (nSPS) is 10.6. The molecule has 0 unspecified atom stereocenters. The molecule has 5 heteroatoms. The monoisotopic (exact) mass is 264 g/mol. The second-order valence-electron chi connectivity index (χ2n) is 4.08. The fraction of sp³-hybridized carbons (Fsp3) is 0.231. The summed E-state index contributed by atoms with van der Waals surface area (Å²) >= 11 is 5.90. The van der Waals surface area contributed by atoms with Gasteiger partial charge in [0.15, 0.2) is 0 Å². The van der Waals surface area contributed by atoms with E-state index in [0.29, 0.717) is 11.4 Å². The van der Waals surface area contributed by atoms with Crippen LogP contribution in [-0.4, -0.2) is 20.9 Å². The molecule has 0 amide bonds. The van der Waals surface area contributed by atoms with Gasteiger partial charge in [0.25, 0.3) is 0 Å². The lowest BCUT2D eigenvalue weighted by atomic mass is 10.2. The number of aromatic nitrogens is 2. The lowest BCUT2D eigenvalue weighted by Gasteiger charge is -2.05. The molecule has 0 spiro atoms. The summed E-state index contributed by atoms with van der Waals surface area (Å²) in [6.07, 6.45) is 2.36. The molecular formula is C13H13ClN2O2. The van der Waals surface area contributed by atoms with Gasteiger partial charge in [0.2, 0.25) is 0 Å². The molecule has 1 aromatic carbocycles. The largest absolute Gasteiger partial charge is 0.481 e. The number of benzene rings is 1. The highest BCUT2D eigenvalue weighted by Crippen LogP contribution is 2.18. The van der Waals surface area contributed by atoms with Gasteiger partial charge in [0.05, 0.1) is 17.8 Å². The van der Waals surface area contributed by atoms with Gasteiger partial charge < -0.3 is 5.11 Å². The molecule has 0 aliphatic rings. The van der Waals surface area contributed by atoms with E-state index in [1.165, 1.54) is 0 Å². The van der Waals surface area contributed by atoms with Crippen LogP contribution in [0.3, 0.4) is 0 Å². The van der Waals surface area contributed by atoms with Crippen molar-refractivity contribution in [2.24, 2.45) is 0 Å². The van der Waals surface area contributed by atoms with E-state index in [9.17, 15) is 4.79 Å². The summed E-state index contributed by atoms with van der Waals surface area (Å²) < 4.78 is 1.74. The Kier molecular flexibility index (Phi) is 3.67. The zero-order chi connectivity index (χ0) is 13.1. The number of halogens is 1. The molecule has 0 radical (unpaired) electrons. The standard InChI is InChI=1S/C13H13ClN2O2/c1-9-8-10(14)2-4-12(9)16-7-6-11(15-16)3-5-13(17)18/h2,4,6-8H,3,5H2,1H3,(H,17,18). The smallest absolute Gasteiger partial charge is 0.303 e. The Morgan fingerprint density at radius 3 is 2.89 bits per heavy atom. The number of aliphatic carboxylic acids is 1. The highest BCUT2D eigenvalue weighted by atomic mass is 35.5. The maximum atomic E-state index is 10.5. The lowest BCUT2D eigenvalue weighted by Crippen LogP contribution is -2.01. The van der Waals surface area contributed by atoms with Crippen LogP contribution in [0.25, 0.3) is 5.69 Å². The van der Waals surface area contributed by atoms with Gasteiger partial charge in [-0.2, -0.15) is 5.10 Å². The summed E-state index contributed by atoms with van der Waals surface area (Å²) in [6.45, 7) is 1.96. The number of hydrogen-bond donors (Lipinski definition) is 1. The first-order valence-corrected chi connectivity index (χ1v) is 5.97. The minimum atomic E-state index is -0.813. The quantitative estimate of drug-likeness (QED) is 0.924. The number of aryl methyl sites for hydroxylation is 2. The van der Waals surface area contributed by atoms with Gasteiger partial charge in [0.1, 0.15) is 0 Å². The first-order valence-electron chi connectivity index (χ1n) is 5.59. The average molecular weight is 265 g/mol. The highest BCUT2D eigenvalue weighted by molar-refractivity contribution is 6.30. The van der Waals surface area contributed by atoms with Crippen molar-refractivity contribution in [1.82, 2.24) is 9.78 Å². The van der Waals surface area contributed by atoms with Gasteiger partial charge in [-0.3, -0.25) is 4.79 Å². The Labute approximate surface area is 110 Å². The van der Waals surface area contributed by atoms with Crippen molar-refractivity contribution in [2.45, 2.75) is 19.8 Å². The summed E-state index contributed by atoms with van der Waals surface area (Å²) in [4.78, 5) is 10.5. The number of nitrogens with zero attached hydrogens (tertiary/aromatic N) is 2. The van der Waals surface area contributed by atoms with E-state index in [2.05, 4.69) is 5.10 Å². The minimum absolute atomic E-state index is 0.0939. The fourth-order valence-electron chi connectivity index (χ4n) is 1.74. The molecule has 0 aliphatic carbocycles. The molecule has 94 valence electrons. The van der Waals surface area contributed by atoms with Crippen LogP contribution in [0.2, 0.25) is 5.02 Å². The van der Waals surface area contributed by atoms with Crippen LogP contribution >= 0.6 is 11.6 Å². The molecule has 4 nitrogen and oxygen atoms in total. The van der Waals surface area contributed by atoms with Gasteiger partial charge in [-0.05, 0) is 36.8 Å². The second-order valence-corrected chi connectivity index (χ2v) is 4.51. The van der Waals surface area contributed by atoms with E-state index in [1.807, 2.05) is 37.4 Å². The summed E-state index contributed by atoms with van der Waals surface area (Å²) in [5.41, 5.74) is 2.74. The molecule has 0 saturated carbocycles. The Hall–Kier alpha value is -1.81. The van der Waals surface area contributed by atoms with Crippen LogP contribution in [0, 0.1) is 6.92 Å². The van der Waals surface area contributed by atoms with Crippen molar-refractivity contribution in [3.8, 4) is 5.69 Å². The number of rotatable bonds is 4. The first kappa shape index (κ1) is 12.6. The van der Waals surface area contributed by atoms with E-state index >= 15 is 0 Å². The number of carboxylic acid groups (broad SMARTS) is 1. The maximum absolute atomic E-state index is 10.5. The van der Waals surface area contributed by atoms with Crippen molar-refractivity contribution in [2.75, 3.05) is 0 Å². The van der Waals surface area contributed by atoms with Crippen LogP contribution in [0.1, 0.15) is 17.7 Å². The number of carboxylic acids is 1. The molecular weight excluding hydrogens is 252 g/mol. The molecule has 0 fully saturated rings. The fourth-order valence-corrected chi connectivity index (χ4v) is 1.97. The summed E-state index contributed by atoms with van der Waals surface area (Å²) in [5.74, 6) is -0.813. The van der Waals surface area contributed by atoms with Crippen molar-refractivity contribution in [1.29, 1.82) is 0 Å². The van der Waals surface area contributed by atoms with E-state index in [0.717, 1.165) is 16.9 Å². The first-order chi connectivity index (χ1) is 8.56. The van der Waals surface area contributed by atoms with Gasteiger partial charge >= 0.3 is 5.97 Å². The van der Waals surface area contributed by atoms with Crippen LogP contribution in [0.4, 0.5) is 0 Å². The Balaban J connectivity index is 2.21. The van der Waals surface area contributed by atoms with E-state index < -0.39 is 5.97 Å². The molecule has 0 bridgehead atoms. The number of hydrogen-bond acceptors (Lipinski definition) is 2. The molecule has 0 aliphatic heterocycles. The minimum Gasteiger partial charge on any atom is -0.481 e. The molecule has 0 saturated heterocycles. The van der Waals surface area contributed by atoms with Crippen molar-refractivity contribution >= 4 is 17.6 Å². The van der Waals surface area contributed by atoms with Crippen LogP contribution in [-0.2, 0) is 11.2 Å². The molecule has 2 rings (SSSR count). The Bertz CT molecular complexity index is 578. The second kappa shape index (κ2) is 5.23. The topological polar surface area (TPSA) is 55.1 Å². The van der Waals surface area contributed by atoms with Crippen molar-refractivity contribution in [3.05, 3.63) is 46.7 Å². The molecule has 1 N–H and O–H groups in total. The van der Waals surface area contributed by atoms with E-state index in [1.54, 1.807) is 4.68 Å². The van der Waals surface area contributed by atoms with Crippen LogP contribution in [0.5, 0.6) is 0 Å². The molecule has 1 heterocycles. The van der Waals surface area contributed by atoms with Gasteiger partial charge in [-0.1, -0.05) is 11.6 Å². The van der Waals surface area contributed by atoms with Crippen LogP contribution < -0.4 is 0 Å². The van der Waals surface area contributed by atoms with Gasteiger partial charge in [-0.25, -0.2) is 4.68 Å². The zero-order valence-electron chi connectivity index (χ0n) is 9.93. The van der Waals surface area contributed by atoms with Crippen LogP contribution in [0.15, 0.2) is 30.5 Å². The summed E-state index contributed by atoms with van der Waals surface area (Å²) in [6, 6.07) is 7.40. The Morgan fingerprint density at radius 2 is 2.22 bits per heavy atom. The van der Waals surface area contributed by atoms with Gasteiger partial charge in [0, 0.05) is 17.6 Å². The third-order valence-corrected chi connectivity index (χ3v) is 2.88. The van der Waals surface area contributed by atoms with Crippen molar-refractivity contribution < 1.29 is 9.90 Å². The average Bonchev–Trinajstić information content (AvgIpc) is 2.75. The van der Waals surface area contributed by atoms with E-state index in [-0.39, 0.29) is 6.42 Å². The van der Waals surface area contributed by atoms with Crippen molar-refractivity contribution in [3.63, 3.8) is 0 Å². The summed E-state index contributed by atoms with van der Waals surface area (Å²) in [7, 11) is 0. The van der Waals surface area contributed by atoms with Gasteiger partial charge in [-0.15, -0.1) is 0 Å². The van der Waals surface area contributed by atoms with E-state index in [4.69, 9.17) is 16.7 Å². The highest BCUT2D eigenvalue weighted by Gasteiger charge is 2.06. The molecule has 1 aromatic heterocycles. The number of carbonyl (C=O) groups is 1. The molecule has 0 atom stereocenters. The Morgan fingerprint density at radius 1 is 1.44 bits per heavy atom. The SMILES string of the molecule is Cc1cc(Cl)ccc1-n1ccc(CCC(=O)O)n1. The third-order valence-electron chi connectivity index (χ3n) is 2.64. The molecule has 18 heavy (non-hydrogen) atoms. The lowest BCUT2D eigenvalue weighted by molar-refractivity contribution is -0.136. The third kappa shape index (κ3) is 2.90. The zero-order valence-corrected chi connectivity index (χ0v) is 10.7. The summed E-state index contributed by atoms with van der Waals surface area (Å²) in [5, 5.41) is 13.7. The molecule has 2 aromatic rings. The predicted octanol–water partition coefficient (Wildman–Crippen LogP) is 2.85. The predicted molar refractivity (Wildman–Crippen MR) is 69.3 cm³/mol. The maximum Gasteiger partial charge on any atom is 0.303 e.